The molecule has 1 heterocycles. The number of nitrogens with zero attached hydrogens (tertiary/aromatic N) is 1. The maximum Gasteiger partial charge on any atom is 0.238 e. The minimum Gasteiger partial charge on any atom is -0.326 e. The number of halogens is 2. The molecule has 7 heteroatoms. The number of carbonyl (C=O) groups is 2. The van der Waals surface area contributed by atoms with Crippen LogP contribution >= 0.6 is 27.5 Å². The molecule has 0 radical (unpaired) electrons. The smallest absolute Gasteiger partial charge is 0.238 e. The highest BCUT2D eigenvalue weighted by atomic mass is 79.9. The van der Waals surface area contributed by atoms with Gasteiger partial charge in [0.15, 0.2) is 0 Å². The van der Waals surface area contributed by atoms with Crippen molar-refractivity contribution in [3.63, 3.8) is 0 Å². The first-order valence-corrected chi connectivity index (χ1v) is 10.0. The van der Waals surface area contributed by atoms with Crippen LogP contribution in [0.5, 0.6) is 0 Å². The molecule has 27 heavy (non-hydrogen) atoms. The summed E-state index contributed by atoms with van der Waals surface area (Å²) in [5, 5.41) is 6.29. The van der Waals surface area contributed by atoms with Gasteiger partial charge in [0.25, 0.3) is 0 Å². The minimum atomic E-state index is -0.105. The average Bonchev–Trinajstić information content (AvgIpc) is 2.65. The number of amides is 2. The number of benzene rings is 2. The third-order valence-corrected chi connectivity index (χ3v) is 5.38. The fraction of sp³-hybridized carbons (Fsp3) is 0.300. The van der Waals surface area contributed by atoms with Crippen LogP contribution in [0.3, 0.4) is 0 Å². The van der Waals surface area contributed by atoms with Crippen molar-refractivity contribution >= 4 is 50.7 Å². The molecule has 1 aliphatic rings. The molecule has 0 aromatic heterocycles. The van der Waals surface area contributed by atoms with Crippen LogP contribution in [-0.2, 0) is 9.59 Å². The van der Waals surface area contributed by atoms with Crippen LogP contribution in [0.15, 0.2) is 53.0 Å². The summed E-state index contributed by atoms with van der Waals surface area (Å²) >= 11 is 9.48. The predicted octanol–water partition coefficient (Wildman–Crippen LogP) is 4.39. The number of carbonyl (C=O) groups excluding carboxylic acids is 2. The molecule has 1 fully saturated rings. The van der Waals surface area contributed by atoms with E-state index in [1.54, 1.807) is 12.1 Å². The second-order valence-corrected chi connectivity index (χ2v) is 7.90. The zero-order chi connectivity index (χ0) is 19.2. The highest BCUT2D eigenvalue weighted by Gasteiger charge is 2.26. The maximum atomic E-state index is 12.4. The molecule has 2 aromatic rings. The van der Waals surface area contributed by atoms with E-state index in [1.165, 1.54) is 0 Å². The highest BCUT2D eigenvalue weighted by molar-refractivity contribution is 9.10. The molecule has 5 nitrogen and oxygen atoms in total. The van der Waals surface area contributed by atoms with Gasteiger partial charge in [-0.2, -0.15) is 0 Å². The van der Waals surface area contributed by atoms with Gasteiger partial charge in [-0.25, -0.2) is 0 Å². The molecule has 2 N–H and O–H groups in total. The molecular formula is C20H21BrClN3O2. The van der Waals surface area contributed by atoms with Crippen LogP contribution in [0.2, 0.25) is 5.02 Å². The lowest BCUT2D eigenvalue weighted by Crippen LogP contribution is -2.41. The largest absolute Gasteiger partial charge is 0.326 e. The molecular weight excluding hydrogens is 430 g/mol. The minimum absolute atomic E-state index is 0.0227. The number of rotatable bonds is 5. The summed E-state index contributed by atoms with van der Waals surface area (Å²) in [5.74, 6) is -0.0798. The van der Waals surface area contributed by atoms with Crippen LogP contribution in [0.25, 0.3) is 0 Å². The number of piperidine rings is 1. The van der Waals surface area contributed by atoms with Crippen molar-refractivity contribution in [1.29, 1.82) is 0 Å². The molecule has 3 rings (SSSR count). The lowest BCUT2D eigenvalue weighted by atomic mass is 9.96. The Labute approximate surface area is 172 Å². The van der Waals surface area contributed by atoms with E-state index in [9.17, 15) is 9.59 Å². The van der Waals surface area contributed by atoms with Gasteiger partial charge in [0.1, 0.15) is 0 Å². The summed E-state index contributed by atoms with van der Waals surface area (Å²) in [6, 6.07) is 14.8. The second-order valence-electron chi connectivity index (χ2n) is 6.58. The Morgan fingerprint density at radius 3 is 2.44 bits per heavy atom. The van der Waals surface area contributed by atoms with Crippen molar-refractivity contribution in [3.05, 3.63) is 58.0 Å². The number of hydrogen-bond acceptors (Lipinski definition) is 3. The van der Waals surface area contributed by atoms with Crippen LogP contribution < -0.4 is 10.6 Å². The van der Waals surface area contributed by atoms with Gasteiger partial charge in [-0.3, -0.25) is 14.5 Å². The van der Waals surface area contributed by atoms with Crippen LogP contribution in [-0.4, -0.2) is 36.3 Å². The molecule has 0 bridgehead atoms. The Balaban J connectivity index is 1.45. The summed E-state index contributed by atoms with van der Waals surface area (Å²) < 4.78 is 0.862. The molecule has 2 aromatic carbocycles. The molecule has 0 spiro atoms. The van der Waals surface area contributed by atoms with Crippen LogP contribution in [0.1, 0.15) is 12.8 Å². The Hall–Kier alpha value is -1.89. The van der Waals surface area contributed by atoms with E-state index in [1.807, 2.05) is 36.4 Å². The zero-order valence-electron chi connectivity index (χ0n) is 14.8. The zero-order valence-corrected chi connectivity index (χ0v) is 17.1. The van der Waals surface area contributed by atoms with E-state index in [0.29, 0.717) is 30.3 Å². The molecule has 0 unspecified atom stereocenters. The summed E-state index contributed by atoms with van der Waals surface area (Å²) in [4.78, 5) is 26.7. The van der Waals surface area contributed by atoms with Gasteiger partial charge in [-0.15, -0.1) is 0 Å². The van der Waals surface area contributed by atoms with Crippen molar-refractivity contribution in [1.82, 2.24) is 4.90 Å². The molecule has 1 saturated heterocycles. The first-order chi connectivity index (χ1) is 13.0. The lowest BCUT2D eigenvalue weighted by molar-refractivity contribution is -0.121. The third kappa shape index (κ3) is 5.79. The second kappa shape index (κ2) is 9.35. The number of nitrogens with one attached hydrogen (secondary N) is 2. The normalized spacial score (nSPS) is 15.3. The molecule has 0 saturated carbocycles. The maximum absolute atomic E-state index is 12.4. The van der Waals surface area contributed by atoms with Gasteiger partial charge in [-0.05, 0) is 56.3 Å². The summed E-state index contributed by atoms with van der Waals surface area (Å²) in [5.41, 5.74) is 1.41. The van der Waals surface area contributed by atoms with Gasteiger partial charge in [0, 0.05) is 16.1 Å². The van der Waals surface area contributed by atoms with Crippen molar-refractivity contribution in [3.8, 4) is 0 Å². The number of anilines is 2. The first kappa shape index (κ1) is 19.9. The van der Waals surface area contributed by atoms with Crippen LogP contribution in [0.4, 0.5) is 11.4 Å². The number of hydrogen-bond donors (Lipinski definition) is 2. The Kier molecular flexibility index (Phi) is 6.88. The average molecular weight is 451 g/mol. The van der Waals surface area contributed by atoms with Crippen molar-refractivity contribution in [2.45, 2.75) is 12.8 Å². The Bertz CT molecular complexity index is 808. The van der Waals surface area contributed by atoms with E-state index >= 15 is 0 Å². The van der Waals surface area contributed by atoms with Gasteiger partial charge < -0.3 is 10.6 Å². The van der Waals surface area contributed by atoms with E-state index in [2.05, 4.69) is 31.5 Å². The van der Waals surface area contributed by atoms with Crippen LogP contribution in [0, 0.1) is 5.92 Å². The molecule has 142 valence electrons. The first-order valence-electron chi connectivity index (χ1n) is 8.84. The van der Waals surface area contributed by atoms with Crippen molar-refractivity contribution in [2.24, 2.45) is 5.92 Å². The molecule has 1 aliphatic heterocycles. The highest BCUT2D eigenvalue weighted by Crippen LogP contribution is 2.26. The topological polar surface area (TPSA) is 61.4 Å². The predicted molar refractivity (Wildman–Crippen MR) is 112 cm³/mol. The van der Waals surface area contributed by atoms with Gasteiger partial charge in [-0.1, -0.05) is 45.7 Å². The number of likely N-dealkylation sites (tertiary alicyclic amines) is 1. The molecule has 2 amide bonds. The van der Waals surface area contributed by atoms with E-state index in [-0.39, 0.29) is 17.7 Å². The van der Waals surface area contributed by atoms with Crippen molar-refractivity contribution in [2.75, 3.05) is 30.3 Å². The summed E-state index contributed by atoms with van der Waals surface area (Å²) in [6.45, 7) is 1.72. The molecule has 0 atom stereocenters. The fourth-order valence-electron chi connectivity index (χ4n) is 3.10. The standard InChI is InChI=1S/C20H21BrClN3O2/c21-15-6-7-18(17(22)12-15)24-19(26)13-25-10-8-14(9-11-25)20(27)23-16-4-2-1-3-5-16/h1-7,12,14H,8-11,13H2,(H,23,27)(H,24,26). The Morgan fingerprint density at radius 2 is 1.78 bits per heavy atom. The van der Waals surface area contributed by atoms with E-state index in [0.717, 1.165) is 23.0 Å². The summed E-state index contributed by atoms with van der Waals surface area (Å²) in [6.07, 6.45) is 1.48. The van der Waals surface area contributed by atoms with Gasteiger partial charge in [0.05, 0.1) is 17.3 Å². The monoisotopic (exact) mass is 449 g/mol. The fourth-order valence-corrected chi connectivity index (χ4v) is 3.82. The Morgan fingerprint density at radius 1 is 1.07 bits per heavy atom. The quantitative estimate of drug-likeness (QED) is 0.710. The summed E-state index contributed by atoms with van der Waals surface area (Å²) in [7, 11) is 0. The third-order valence-electron chi connectivity index (χ3n) is 4.57. The van der Waals surface area contributed by atoms with E-state index < -0.39 is 0 Å². The molecule has 0 aliphatic carbocycles. The SMILES string of the molecule is O=C(CN1CCC(C(=O)Nc2ccccc2)CC1)Nc1ccc(Br)cc1Cl. The van der Waals surface area contributed by atoms with Gasteiger partial charge in [0.2, 0.25) is 11.8 Å². The van der Waals surface area contributed by atoms with E-state index in [4.69, 9.17) is 11.6 Å². The van der Waals surface area contributed by atoms with Gasteiger partial charge >= 0.3 is 0 Å². The number of para-hydroxylation sites is 1. The van der Waals surface area contributed by atoms with Crippen molar-refractivity contribution < 1.29 is 9.59 Å². The lowest BCUT2D eigenvalue weighted by Gasteiger charge is -2.30.